The number of fused-ring (bicyclic) bond motifs is 7. The molecule has 0 amide bonds. The van der Waals surface area contributed by atoms with Crippen LogP contribution in [0.1, 0.15) is 0 Å². The lowest BCUT2D eigenvalue weighted by molar-refractivity contribution is 1.19. The number of rotatable bonds is 4. The normalized spacial score (nSPS) is 11.6. The molecule has 0 aliphatic carbocycles. The maximum Gasteiger partial charge on any atom is 0.0634 e. The lowest BCUT2D eigenvalue weighted by Gasteiger charge is -2.11. The lowest BCUT2D eigenvalue weighted by Crippen LogP contribution is -1.94. The van der Waals surface area contributed by atoms with Crippen molar-refractivity contribution in [1.82, 2.24) is 4.57 Å². The van der Waals surface area contributed by atoms with Crippen molar-refractivity contribution in [2.24, 2.45) is 0 Å². The molecule has 2 heteroatoms. The molecule has 0 fully saturated rings. The van der Waals surface area contributed by atoms with E-state index in [2.05, 4.69) is 168 Å². The summed E-state index contributed by atoms with van der Waals surface area (Å²) < 4.78 is 5.12. The molecule has 0 radical (unpaired) electrons. The quantitative estimate of drug-likeness (QED) is 0.196. The highest BCUT2D eigenvalue weighted by Crippen LogP contribution is 2.44. The molecule has 0 saturated carbocycles. The highest BCUT2D eigenvalue weighted by Gasteiger charge is 2.19. The van der Waals surface area contributed by atoms with Crippen LogP contribution in [0.25, 0.3) is 81.0 Å². The van der Waals surface area contributed by atoms with Gasteiger partial charge >= 0.3 is 0 Å². The number of thiophene rings is 1. The van der Waals surface area contributed by atoms with Crippen molar-refractivity contribution in [2.45, 2.75) is 0 Å². The summed E-state index contributed by atoms with van der Waals surface area (Å²) in [7, 11) is 0. The highest BCUT2D eigenvalue weighted by atomic mass is 32.1. The fraction of sp³-hybridized carbons (Fsp3) is 0. The fourth-order valence-electron chi connectivity index (χ4n) is 6.71. The molecule has 44 heavy (non-hydrogen) atoms. The van der Waals surface area contributed by atoms with Gasteiger partial charge in [0, 0.05) is 36.6 Å². The first kappa shape index (κ1) is 25.1. The number of benzene rings is 7. The van der Waals surface area contributed by atoms with Gasteiger partial charge in [0.15, 0.2) is 0 Å². The zero-order valence-electron chi connectivity index (χ0n) is 23.9. The van der Waals surface area contributed by atoms with Crippen molar-refractivity contribution in [3.8, 4) is 39.1 Å². The summed E-state index contributed by atoms with van der Waals surface area (Å²) in [5, 5.41) is 5.20. The van der Waals surface area contributed by atoms with E-state index in [0.717, 1.165) is 0 Å². The summed E-state index contributed by atoms with van der Waals surface area (Å²) in [6.07, 6.45) is 0. The van der Waals surface area contributed by atoms with Gasteiger partial charge in [0.25, 0.3) is 0 Å². The third-order valence-corrected chi connectivity index (χ3v) is 9.94. The molecule has 0 atom stereocenters. The third-order valence-electron chi connectivity index (χ3n) is 8.80. The van der Waals surface area contributed by atoms with E-state index in [-0.39, 0.29) is 0 Å². The topological polar surface area (TPSA) is 4.93 Å². The molecular weight excluding hydrogens is 551 g/mol. The van der Waals surface area contributed by atoms with Crippen LogP contribution < -0.4 is 0 Å². The number of hydrogen-bond acceptors (Lipinski definition) is 1. The van der Waals surface area contributed by atoms with E-state index >= 15 is 0 Å². The Morgan fingerprint density at radius 2 is 0.955 bits per heavy atom. The van der Waals surface area contributed by atoms with Gasteiger partial charge in [-0.2, -0.15) is 0 Å². The van der Waals surface area contributed by atoms with Crippen LogP contribution >= 0.6 is 11.3 Å². The van der Waals surface area contributed by atoms with Crippen molar-refractivity contribution < 1.29 is 0 Å². The van der Waals surface area contributed by atoms with Crippen LogP contribution in [0.4, 0.5) is 0 Å². The number of hydrogen-bond donors (Lipinski definition) is 0. The van der Waals surface area contributed by atoms with Gasteiger partial charge in [0.2, 0.25) is 0 Å². The van der Waals surface area contributed by atoms with Crippen molar-refractivity contribution in [3.05, 3.63) is 164 Å². The first-order valence-electron chi connectivity index (χ1n) is 15.0. The number of aromatic nitrogens is 1. The van der Waals surface area contributed by atoms with Gasteiger partial charge in [-0.3, -0.25) is 0 Å². The minimum Gasteiger partial charge on any atom is -0.309 e. The standard InChI is InChI=1S/C42H27NS/c1-3-10-28(11-4-1)30-18-21-34(22-19-30)43-38-24-20-33(32-15-9-14-31(26-32)29-12-5-2-6-13-29)27-37(38)35-23-25-40-41(42(35)43)36-16-7-8-17-39(36)44-40/h1-27H. The maximum atomic E-state index is 2.48. The summed E-state index contributed by atoms with van der Waals surface area (Å²) in [6.45, 7) is 0. The Hall–Kier alpha value is -5.44. The molecule has 0 N–H and O–H groups in total. The summed E-state index contributed by atoms with van der Waals surface area (Å²) in [4.78, 5) is 0. The minimum atomic E-state index is 1.17. The Bertz CT molecular complexity index is 2470. The van der Waals surface area contributed by atoms with Gasteiger partial charge in [-0.15, -0.1) is 11.3 Å². The molecular formula is C42H27NS. The summed E-state index contributed by atoms with van der Waals surface area (Å²) in [5.74, 6) is 0. The fourth-order valence-corrected chi connectivity index (χ4v) is 7.81. The van der Waals surface area contributed by atoms with Crippen LogP contribution in [0.3, 0.4) is 0 Å². The molecule has 0 unspecified atom stereocenters. The van der Waals surface area contributed by atoms with Gasteiger partial charge in [-0.1, -0.05) is 121 Å². The zero-order chi connectivity index (χ0) is 29.0. The second kappa shape index (κ2) is 10.1. The Morgan fingerprint density at radius 3 is 1.73 bits per heavy atom. The minimum absolute atomic E-state index is 1.17. The van der Waals surface area contributed by atoms with E-state index in [1.165, 1.54) is 81.0 Å². The molecule has 2 heterocycles. The van der Waals surface area contributed by atoms with E-state index in [1.54, 1.807) is 0 Å². The molecule has 0 aliphatic rings. The largest absolute Gasteiger partial charge is 0.309 e. The first-order chi connectivity index (χ1) is 21.8. The van der Waals surface area contributed by atoms with Crippen molar-refractivity contribution in [3.63, 3.8) is 0 Å². The van der Waals surface area contributed by atoms with E-state index in [1.807, 2.05) is 11.3 Å². The third kappa shape index (κ3) is 4.00. The molecule has 7 aromatic carbocycles. The van der Waals surface area contributed by atoms with Crippen molar-refractivity contribution >= 4 is 53.3 Å². The molecule has 0 aliphatic heterocycles. The Balaban J connectivity index is 1.30. The first-order valence-corrected chi connectivity index (χ1v) is 15.8. The molecule has 9 aromatic rings. The van der Waals surface area contributed by atoms with Crippen LogP contribution in [0, 0.1) is 0 Å². The average Bonchev–Trinajstić information content (AvgIpc) is 3.64. The van der Waals surface area contributed by atoms with Gasteiger partial charge in [-0.25, -0.2) is 0 Å². The number of nitrogens with zero attached hydrogens (tertiary/aromatic N) is 1. The molecule has 2 aromatic heterocycles. The summed E-state index contributed by atoms with van der Waals surface area (Å²) >= 11 is 1.88. The second-order valence-corrected chi connectivity index (χ2v) is 12.4. The summed E-state index contributed by atoms with van der Waals surface area (Å²) in [6, 6.07) is 59.6. The zero-order valence-corrected chi connectivity index (χ0v) is 24.8. The molecule has 9 rings (SSSR count). The molecule has 1 nitrogen and oxygen atoms in total. The SMILES string of the molecule is c1ccc(-c2ccc(-n3c4ccc(-c5cccc(-c6ccccc6)c5)cc4c4ccc5sc6ccccc6c5c43)cc2)cc1. The van der Waals surface area contributed by atoms with Gasteiger partial charge in [-0.05, 0) is 75.8 Å². The van der Waals surface area contributed by atoms with E-state index in [4.69, 9.17) is 0 Å². The van der Waals surface area contributed by atoms with Crippen LogP contribution in [-0.2, 0) is 0 Å². The highest BCUT2D eigenvalue weighted by molar-refractivity contribution is 7.26. The molecule has 206 valence electrons. The smallest absolute Gasteiger partial charge is 0.0634 e. The summed E-state index contributed by atoms with van der Waals surface area (Å²) in [5.41, 5.74) is 11.0. The second-order valence-electron chi connectivity index (χ2n) is 11.4. The van der Waals surface area contributed by atoms with Gasteiger partial charge < -0.3 is 4.57 Å². The van der Waals surface area contributed by atoms with Crippen molar-refractivity contribution in [1.29, 1.82) is 0 Å². The predicted molar refractivity (Wildman–Crippen MR) is 190 cm³/mol. The Morgan fingerprint density at radius 1 is 0.364 bits per heavy atom. The van der Waals surface area contributed by atoms with E-state index in [0.29, 0.717) is 0 Å². The van der Waals surface area contributed by atoms with Crippen LogP contribution in [0.15, 0.2) is 164 Å². The Labute approximate surface area is 259 Å². The molecule has 0 bridgehead atoms. The lowest BCUT2D eigenvalue weighted by atomic mass is 9.98. The Kier molecular flexibility index (Phi) is 5.75. The van der Waals surface area contributed by atoms with Crippen LogP contribution in [0.2, 0.25) is 0 Å². The van der Waals surface area contributed by atoms with E-state index in [9.17, 15) is 0 Å². The monoisotopic (exact) mass is 577 g/mol. The van der Waals surface area contributed by atoms with Crippen LogP contribution in [-0.4, -0.2) is 4.57 Å². The molecule has 0 saturated heterocycles. The van der Waals surface area contributed by atoms with Gasteiger partial charge in [0.05, 0.1) is 11.0 Å². The molecule has 0 spiro atoms. The van der Waals surface area contributed by atoms with Crippen molar-refractivity contribution in [2.75, 3.05) is 0 Å². The predicted octanol–water partition coefficient (Wildman–Crippen LogP) is 12.2. The average molecular weight is 578 g/mol. The van der Waals surface area contributed by atoms with Crippen LogP contribution in [0.5, 0.6) is 0 Å². The van der Waals surface area contributed by atoms with E-state index < -0.39 is 0 Å². The van der Waals surface area contributed by atoms with Gasteiger partial charge in [0.1, 0.15) is 0 Å². The maximum absolute atomic E-state index is 2.48.